The Kier molecular flexibility index (Phi) is 4.07. The van der Waals surface area contributed by atoms with Crippen molar-refractivity contribution in [3.63, 3.8) is 0 Å². The Bertz CT molecular complexity index is 519. The van der Waals surface area contributed by atoms with E-state index in [2.05, 4.69) is 34.4 Å². The molecule has 2 aromatic rings. The molecule has 20 heavy (non-hydrogen) atoms. The van der Waals surface area contributed by atoms with Crippen molar-refractivity contribution < 1.29 is 5.11 Å². The molecule has 0 saturated carbocycles. The first-order valence-corrected chi connectivity index (χ1v) is 14.3. The fourth-order valence-corrected chi connectivity index (χ4v) is 4.23. The van der Waals surface area contributed by atoms with Gasteiger partial charge in [-0.1, -0.05) is 0 Å². The van der Waals surface area contributed by atoms with Gasteiger partial charge in [-0.25, -0.2) is 0 Å². The molecule has 1 N–H and O–H groups in total. The maximum absolute atomic E-state index is 9.97. The van der Waals surface area contributed by atoms with Gasteiger partial charge in [0.1, 0.15) is 0 Å². The van der Waals surface area contributed by atoms with Gasteiger partial charge in [-0.2, -0.15) is 0 Å². The van der Waals surface area contributed by atoms with E-state index in [1.165, 1.54) is 4.40 Å². The molecule has 0 amide bonds. The van der Waals surface area contributed by atoms with Crippen LogP contribution in [-0.2, 0) is 5.60 Å². The number of hydrogen-bond acceptors (Lipinski definition) is 2. The molecule has 2 rings (SSSR count). The van der Waals surface area contributed by atoms with Gasteiger partial charge >= 0.3 is 124 Å². The van der Waals surface area contributed by atoms with Crippen LogP contribution >= 0.6 is 0 Å². The monoisotopic (exact) mass is 331 g/mol. The van der Waals surface area contributed by atoms with Crippen LogP contribution in [0.2, 0.25) is 17.3 Å². The Morgan fingerprint density at radius 2 is 1.55 bits per heavy atom. The van der Waals surface area contributed by atoms with Crippen molar-refractivity contribution in [3.05, 3.63) is 48.2 Å². The second kappa shape index (κ2) is 5.34. The molecule has 0 bridgehead atoms. The minimum absolute atomic E-state index is 0.796. The summed E-state index contributed by atoms with van der Waals surface area (Å²) in [5.41, 5.74) is 2.20. The summed E-state index contributed by atoms with van der Waals surface area (Å²) < 4.78 is 1.42. The van der Waals surface area contributed by atoms with Crippen LogP contribution in [0.4, 0.5) is 0 Å². The molecular formula is C17H23GeNO. The summed E-state index contributed by atoms with van der Waals surface area (Å²) in [6.07, 6.45) is 2.03. The van der Waals surface area contributed by atoms with Crippen molar-refractivity contribution in [2.24, 2.45) is 0 Å². The van der Waals surface area contributed by atoms with Crippen LogP contribution in [-0.4, -0.2) is 23.4 Å². The summed E-state index contributed by atoms with van der Waals surface area (Å²) in [5, 5.41) is 9.97. The molecule has 1 aromatic heterocycles. The van der Waals surface area contributed by atoms with E-state index in [1.807, 2.05) is 30.5 Å². The van der Waals surface area contributed by atoms with Gasteiger partial charge in [0.25, 0.3) is 0 Å². The van der Waals surface area contributed by atoms with Crippen LogP contribution < -0.4 is 4.40 Å². The van der Waals surface area contributed by atoms with Gasteiger partial charge in [-0.3, -0.25) is 0 Å². The number of rotatable bonds is 3. The first-order chi connectivity index (χ1) is 9.18. The first-order valence-electron chi connectivity index (χ1n) is 6.98. The Labute approximate surface area is 124 Å². The predicted molar refractivity (Wildman–Crippen MR) is 87.9 cm³/mol. The molecule has 0 aliphatic rings. The molecule has 3 heteroatoms. The molecule has 1 heterocycles. The molecule has 0 saturated heterocycles. The van der Waals surface area contributed by atoms with Crippen LogP contribution in [0.1, 0.15) is 19.4 Å². The second-order valence-corrected chi connectivity index (χ2v) is 17.5. The maximum atomic E-state index is 9.97. The van der Waals surface area contributed by atoms with E-state index in [1.54, 1.807) is 13.8 Å². The van der Waals surface area contributed by atoms with Crippen LogP contribution in [0.25, 0.3) is 11.3 Å². The summed E-state index contributed by atoms with van der Waals surface area (Å²) in [6, 6.07) is 12.3. The SMILES string of the molecule is CC(C)(O)c1ccc(-c2cc[c]([Ge]([CH3])([CH3])[CH3])cn2)cc1. The minimum atomic E-state index is -1.78. The Hall–Kier alpha value is -1.13. The molecule has 0 spiro atoms. The molecule has 0 unspecified atom stereocenters. The van der Waals surface area contributed by atoms with Crippen molar-refractivity contribution >= 4 is 17.7 Å². The summed E-state index contributed by atoms with van der Waals surface area (Å²) >= 11 is -1.78. The zero-order chi connectivity index (χ0) is 15.0. The third-order valence-corrected chi connectivity index (χ3v) is 7.77. The van der Waals surface area contributed by atoms with Gasteiger partial charge in [-0.05, 0) is 0 Å². The van der Waals surface area contributed by atoms with Gasteiger partial charge in [0.05, 0.1) is 0 Å². The van der Waals surface area contributed by atoms with Crippen molar-refractivity contribution in [1.82, 2.24) is 4.98 Å². The van der Waals surface area contributed by atoms with E-state index < -0.39 is 18.9 Å². The number of aliphatic hydroxyl groups is 1. The number of pyridine rings is 1. The van der Waals surface area contributed by atoms with E-state index in [0.717, 1.165) is 16.8 Å². The molecule has 0 radical (unpaired) electrons. The predicted octanol–water partition coefficient (Wildman–Crippen LogP) is 3.52. The summed E-state index contributed by atoms with van der Waals surface area (Å²) in [7, 11) is 0. The summed E-state index contributed by atoms with van der Waals surface area (Å²) in [4.78, 5) is 4.59. The Morgan fingerprint density at radius 3 is 1.95 bits per heavy atom. The molecule has 0 atom stereocenters. The molecule has 1 aromatic carbocycles. The van der Waals surface area contributed by atoms with Gasteiger partial charge in [0.15, 0.2) is 0 Å². The zero-order valence-corrected chi connectivity index (χ0v) is 15.0. The van der Waals surface area contributed by atoms with Crippen molar-refractivity contribution in [1.29, 1.82) is 0 Å². The van der Waals surface area contributed by atoms with E-state index in [-0.39, 0.29) is 0 Å². The third kappa shape index (κ3) is 3.50. The molecule has 2 nitrogen and oxygen atoms in total. The number of nitrogens with zero attached hydrogens (tertiary/aromatic N) is 1. The van der Waals surface area contributed by atoms with Crippen molar-refractivity contribution in [2.75, 3.05) is 0 Å². The molecule has 0 fully saturated rings. The van der Waals surface area contributed by atoms with Gasteiger partial charge in [0, 0.05) is 0 Å². The quantitative estimate of drug-likeness (QED) is 0.874. The van der Waals surface area contributed by atoms with E-state index in [4.69, 9.17) is 0 Å². The van der Waals surface area contributed by atoms with Crippen LogP contribution in [0.5, 0.6) is 0 Å². The summed E-state index contributed by atoms with van der Waals surface area (Å²) in [6.45, 7) is 3.59. The third-order valence-electron chi connectivity index (χ3n) is 3.52. The Morgan fingerprint density at radius 1 is 0.950 bits per heavy atom. The Balaban J connectivity index is 2.29. The van der Waals surface area contributed by atoms with Gasteiger partial charge < -0.3 is 0 Å². The van der Waals surface area contributed by atoms with Gasteiger partial charge in [0.2, 0.25) is 0 Å². The number of aromatic nitrogens is 1. The topological polar surface area (TPSA) is 33.1 Å². The van der Waals surface area contributed by atoms with Crippen LogP contribution in [0.3, 0.4) is 0 Å². The second-order valence-electron chi connectivity index (χ2n) is 6.82. The van der Waals surface area contributed by atoms with Crippen molar-refractivity contribution in [2.45, 2.75) is 36.7 Å². The average molecular weight is 330 g/mol. The standard InChI is InChI=1S/C17H23GeNO/c1-17(2,20)14-8-6-13(7-9-14)16-11-10-15(12-19-16)18(3,4)5/h6-12,20H,1-5H3. The fraction of sp³-hybridized carbons (Fsp3) is 0.353. The van der Waals surface area contributed by atoms with Gasteiger partial charge in [-0.15, -0.1) is 0 Å². The van der Waals surface area contributed by atoms with Crippen LogP contribution in [0.15, 0.2) is 42.6 Å². The molecular weight excluding hydrogens is 307 g/mol. The molecule has 0 aliphatic heterocycles. The van der Waals surface area contributed by atoms with E-state index in [0.29, 0.717) is 0 Å². The molecule has 0 aliphatic carbocycles. The summed E-state index contributed by atoms with van der Waals surface area (Å²) in [5.74, 6) is 7.11. The fourth-order valence-electron chi connectivity index (χ4n) is 2.06. The van der Waals surface area contributed by atoms with Crippen LogP contribution in [0, 0.1) is 0 Å². The average Bonchev–Trinajstić information content (AvgIpc) is 2.37. The normalized spacial score (nSPS) is 12.5. The zero-order valence-electron chi connectivity index (χ0n) is 12.9. The number of hydrogen-bond donors (Lipinski definition) is 1. The molecule has 106 valence electrons. The van der Waals surface area contributed by atoms with E-state index >= 15 is 0 Å². The van der Waals surface area contributed by atoms with E-state index in [9.17, 15) is 5.11 Å². The number of benzene rings is 1. The first kappa shape index (κ1) is 15.3. The van der Waals surface area contributed by atoms with Crippen molar-refractivity contribution in [3.8, 4) is 11.3 Å².